The van der Waals surface area contributed by atoms with Gasteiger partial charge in [-0.25, -0.2) is 13.1 Å². The van der Waals surface area contributed by atoms with Crippen LogP contribution in [-0.4, -0.2) is 57.8 Å². The predicted octanol–water partition coefficient (Wildman–Crippen LogP) is 6.46. The van der Waals surface area contributed by atoms with E-state index in [1.165, 1.54) is 38.0 Å². The van der Waals surface area contributed by atoms with E-state index in [0.29, 0.717) is 52.0 Å². The molecular weight excluding hydrogens is 701 g/mol. The normalized spacial score (nSPS) is 16.0. The molecule has 1 fully saturated rings. The number of carbonyl (C=O) groups excluding carboxylic acids is 2. The number of nitrogens with zero attached hydrogens (tertiary/aromatic N) is 2. The fraction of sp³-hybridized carbons (Fsp3) is 0.382. The lowest BCUT2D eigenvalue weighted by molar-refractivity contribution is -0.274. The van der Waals surface area contributed by atoms with Gasteiger partial charge in [0.05, 0.1) is 24.8 Å². The molecule has 1 heterocycles. The van der Waals surface area contributed by atoms with Crippen molar-refractivity contribution >= 4 is 50.5 Å². The third kappa shape index (κ3) is 8.44. The number of amides is 2. The molecule has 2 amide bonds. The number of hydrogen-bond donors (Lipinski definition) is 2. The molecule has 1 unspecified atom stereocenters. The van der Waals surface area contributed by atoms with Crippen LogP contribution >= 0.6 is 11.6 Å². The second-order valence-electron chi connectivity index (χ2n) is 12.7. The Bertz CT molecular complexity index is 1930. The lowest BCUT2D eigenvalue weighted by Gasteiger charge is -2.27. The number of oxime groups is 1. The van der Waals surface area contributed by atoms with Crippen LogP contribution in [0.15, 0.2) is 65.8 Å². The number of benzene rings is 3. The van der Waals surface area contributed by atoms with Gasteiger partial charge >= 0.3 is 6.36 Å². The molecule has 0 saturated heterocycles. The number of halogens is 4. The number of hydrogen-bond acceptors (Lipinski definition) is 9. The summed E-state index contributed by atoms with van der Waals surface area (Å²) in [6, 6.07) is 14.7. The van der Waals surface area contributed by atoms with E-state index < -0.39 is 45.6 Å². The van der Waals surface area contributed by atoms with Crippen LogP contribution < -0.4 is 24.4 Å². The number of methoxy groups -OCH3 is 1. The zero-order chi connectivity index (χ0) is 36.6. The minimum Gasteiger partial charge on any atom is -0.497 e. The maximum absolute atomic E-state index is 14.5. The second-order valence-corrected chi connectivity index (χ2v) is 14.9. The van der Waals surface area contributed by atoms with Gasteiger partial charge in [0, 0.05) is 40.4 Å². The van der Waals surface area contributed by atoms with Crippen molar-refractivity contribution in [2.24, 2.45) is 5.16 Å². The van der Waals surface area contributed by atoms with E-state index in [2.05, 4.69) is 15.2 Å². The molecule has 2 aliphatic rings. The SMILES string of the molecule is CCC(=NOC(C)(C)C(=O)NS(C)(=O)=O)c1cc(NC(C(=O)N2CC3(CC3)c3ccc(OC(F)(F)F)cc32)c2ccc(Cl)cc2)cc(OC)c1. The fourth-order valence-electron chi connectivity index (χ4n) is 5.68. The summed E-state index contributed by atoms with van der Waals surface area (Å²) in [4.78, 5) is 34.1. The van der Waals surface area contributed by atoms with E-state index in [-0.39, 0.29) is 5.41 Å². The van der Waals surface area contributed by atoms with Gasteiger partial charge in [-0.05, 0) is 74.6 Å². The molecule has 268 valence electrons. The number of fused-ring (bicyclic) bond motifs is 2. The van der Waals surface area contributed by atoms with Crippen molar-refractivity contribution in [1.82, 2.24) is 4.72 Å². The highest BCUT2D eigenvalue weighted by atomic mass is 35.5. The molecule has 2 N–H and O–H groups in total. The first-order valence-corrected chi connectivity index (χ1v) is 17.8. The van der Waals surface area contributed by atoms with Gasteiger partial charge in [0.1, 0.15) is 17.5 Å². The first-order chi connectivity index (χ1) is 23.3. The third-order valence-corrected chi connectivity index (χ3v) is 9.23. The summed E-state index contributed by atoms with van der Waals surface area (Å²) in [5.74, 6) is -1.37. The molecule has 50 heavy (non-hydrogen) atoms. The monoisotopic (exact) mass is 736 g/mol. The van der Waals surface area contributed by atoms with Crippen molar-refractivity contribution in [2.45, 2.75) is 63.5 Å². The Balaban J connectivity index is 1.50. The minimum absolute atomic E-state index is 0.290. The Kier molecular flexibility index (Phi) is 10.0. The summed E-state index contributed by atoms with van der Waals surface area (Å²) in [6.07, 6.45) is -2.16. The van der Waals surface area contributed by atoms with E-state index in [0.717, 1.165) is 24.7 Å². The molecule has 1 aliphatic heterocycles. The smallest absolute Gasteiger partial charge is 0.497 e. The number of carbonyl (C=O) groups is 2. The topological polar surface area (TPSA) is 136 Å². The maximum atomic E-state index is 14.5. The number of ether oxygens (including phenoxy) is 2. The van der Waals surface area contributed by atoms with E-state index in [1.807, 2.05) is 4.72 Å². The quantitative estimate of drug-likeness (QED) is 0.160. The summed E-state index contributed by atoms with van der Waals surface area (Å²) in [5.41, 5.74) is 1.00. The zero-order valence-corrected chi connectivity index (χ0v) is 29.4. The predicted molar refractivity (Wildman–Crippen MR) is 182 cm³/mol. The summed E-state index contributed by atoms with van der Waals surface area (Å²) in [5, 5.41) is 7.90. The largest absolute Gasteiger partial charge is 0.573 e. The Labute approximate surface area is 292 Å². The van der Waals surface area contributed by atoms with E-state index in [1.54, 1.807) is 55.5 Å². The van der Waals surface area contributed by atoms with Crippen LogP contribution in [-0.2, 0) is 29.9 Å². The van der Waals surface area contributed by atoms with Crippen molar-refractivity contribution in [3.05, 3.63) is 82.4 Å². The van der Waals surface area contributed by atoms with Crippen LogP contribution in [0.5, 0.6) is 11.5 Å². The number of alkyl halides is 3. The number of nitrogens with one attached hydrogen (secondary N) is 2. The summed E-state index contributed by atoms with van der Waals surface area (Å²) >= 11 is 6.17. The molecular formula is C34H36ClF3N4O7S. The van der Waals surface area contributed by atoms with Crippen LogP contribution in [0.4, 0.5) is 24.5 Å². The van der Waals surface area contributed by atoms with Gasteiger partial charge in [0.25, 0.3) is 11.8 Å². The molecule has 1 spiro atoms. The highest BCUT2D eigenvalue weighted by molar-refractivity contribution is 7.89. The molecule has 1 atom stereocenters. The number of anilines is 2. The van der Waals surface area contributed by atoms with Crippen molar-refractivity contribution in [2.75, 3.05) is 30.1 Å². The average Bonchev–Trinajstić information content (AvgIpc) is 3.74. The van der Waals surface area contributed by atoms with Crippen LogP contribution in [0.2, 0.25) is 5.02 Å². The van der Waals surface area contributed by atoms with Crippen molar-refractivity contribution in [1.29, 1.82) is 0 Å². The number of rotatable bonds is 12. The van der Waals surface area contributed by atoms with Crippen LogP contribution in [0, 0.1) is 0 Å². The Morgan fingerprint density at radius 2 is 1.72 bits per heavy atom. The van der Waals surface area contributed by atoms with E-state index >= 15 is 0 Å². The standard InChI is InChI=1S/C34H36ClF3N4O7S/c1-6-27(40-49-32(2,3)31(44)41-50(5,45)46)21-15-23(17-25(16-21)47-4)39-29(20-7-9-22(35)10-8-20)30(43)42-19-33(13-14-33)26-12-11-24(18-28(26)42)48-34(36,37)38/h7-12,15-18,29,39H,6,13-14,19H2,1-5H3,(H,41,44). The Hall–Kier alpha value is -4.50. The Morgan fingerprint density at radius 1 is 1.04 bits per heavy atom. The lowest BCUT2D eigenvalue weighted by atomic mass is 9.99. The lowest BCUT2D eigenvalue weighted by Crippen LogP contribution is -2.45. The van der Waals surface area contributed by atoms with Gasteiger partial charge in [-0.2, -0.15) is 0 Å². The molecule has 0 bridgehead atoms. The summed E-state index contributed by atoms with van der Waals surface area (Å²) in [7, 11) is -2.38. The summed E-state index contributed by atoms with van der Waals surface area (Å²) < 4.78 is 74.2. The maximum Gasteiger partial charge on any atom is 0.573 e. The molecule has 5 rings (SSSR count). The zero-order valence-electron chi connectivity index (χ0n) is 27.9. The molecule has 11 nitrogen and oxygen atoms in total. The first kappa shape index (κ1) is 36.8. The number of sulfonamides is 1. The molecule has 0 radical (unpaired) electrons. The molecule has 3 aromatic rings. The molecule has 1 saturated carbocycles. The van der Waals surface area contributed by atoms with Crippen molar-refractivity contribution < 1.29 is 45.5 Å². The summed E-state index contributed by atoms with van der Waals surface area (Å²) in [6.45, 7) is 4.82. The van der Waals surface area contributed by atoms with Gasteiger partial charge in [-0.1, -0.05) is 41.9 Å². The van der Waals surface area contributed by atoms with Gasteiger partial charge in [-0.3, -0.25) is 9.59 Å². The molecule has 3 aromatic carbocycles. The van der Waals surface area contributed by atoms with Crippen LogP contribution in [0.3, 0.4) is 0 Å². The fourth-order valence-corrected chi connectivity index (χ4v) is 6.39. The highest BCUT2D eigenvalue weighted by Crippen LogP contribution is 2.57. The highest BCUT2D eigenvalue weighted by Gasteiger charge is 2.54. The van der Waals surface area contributed by atoms with Gasteiger partial charge < -0.3 is 24.5 Å². The first-order valence-electron chi connectivity index (χ1n) is 15.5. The van der Waals surface area contributed by atoms with E-state index in [9.17, 15) is 31.2 Å². The van der Waals surface area contributed by atoms with E-state index in [4.69, 9.17) is 21.2 Å². The van der Waals surface area contributed by atoms with Crippen molar-refractivity contribution in [3.8, 4) is 11.5 Å². The minimum atomic E-state index is -4.90. The second kappa shape index (κ2) is 13.7. The van der Waals surface area contributed by atoms with Crippen LogP contribution in [0.1, 0.15) is 62.8 Å². The van der Waals surface area contributed by atoms with Crippen LogP contribution in [0.25, 0.3) is 0 Å². The van der Waals surface area contributed by atoms with Gasteiger partial charge in [0.15, 0.2) is 0 Å². The molecule has 1 aliphatic carbocycles. The van der Waals surface area contributed by atoms with Gasteiger partial charge in [-0.15, -0.1) is 13.2 Å². The third-order valence-electron chi connectivity index (χ3n) is 8.43. The van der Waals surface area contributed by atoms with Gasteiger partial charge in [0.2, 0.25) is 15.6 Å². The Morgan fingerprint density at radius 3 is 2.30 bits per heavy atom. The average molecular weight is 737 g/mol. The van der Waals surface area contributed by atoms with Crippen molar-refractivity contribution in [3.63, 3.8) is 0 Å². The molecule has 16 heteroatoms. The molecule has 0 aromatic heterocycles.